The molecule has 0 heterocycles. The maximum Gasteiger partial charge on any atom is 0.158 e. The van der Waals surface area contributed by atoms with Gasteiger partial charge in [0.25, 0.3) is 0 Å². The second-order valence-electron chi connectivity index (χ2n) is 6.97. The maximum absolute atomic E-state index is 11.8. The van der Waals surface area contributed by atoms with E-state index in [1.807, 2.05) is 6.92 Å². The van der Waals surface area contributed by atoms with Crippen LogP contribution in [0.5, 0.6) is 0 Å². The molecular formula is C15H26O. The third-order valence-corrected chi connectivity index (χ3v) is 3.79. The topological polar surface area (TPSA) is 17.1 Å². The number of hydrogen-bond donors (Lipinski definition) is 0. The standard InChI is InChI=1S/C15H26O/c1-11-12(7-9-14(2,3)4)15(5,6)10-8-13(11)16/h7-10H2,1-6H3. The zero-order chi connectivity index (χ0) is 12.6. The van der Waals surface area contributed by atoms with Crippen molar-refractivity contribution in [2.75, 3.05) is 0 Å². The van der Waals surface area contributed by atoms with Crippen LogP contribution in [0.4, 0.5) is 0 Å². The minimum Gasteiger partial charge on any atom is -0.295 e. The van der Waals surface area contributed by atoms with Gasteiger partial charge in [-0.2, -0.15) is 0 Å². The van der Waals surface area contributed by atoms with Crippen LogP contribution >= 0.6 is 0 Å². The summed E-state index contributed by atoms with van der Waals surface area (Å²) >= 11 is 0. The van der Waals surface area contributed by atoms with Crippen molar-refractivity contribution in [3.8, 4) is 0 Å². The van der Waals surface area contributed by atoms with Crippen molar-refractivity contribution in [3.05, 3.63) is 11.1 Å². The molecule has 0 aromatic heterocycles. The summed E-state index contributed by atoms with van der Waals surface area (Å²) in [5.74, 6) is 0.364. The molecule has 1 aliphatic rings. The first kappa shape index (κ1) is 13.5. The van der Waals surface area contributed by atoms with E-state index in [4.69, 9.17) is 0 Å². The quantitative estimate of drug-likeness (QED) is 0.671. The lowest BCUT2D eigenvalue weighted by Gasteiger charge is -2.35. The molecule has 1 heteroatoms. The zero-order valence-corrected chi connectivity index (χ0v) is 11.7. The van der Waals surface area contributed by atoms with Gasteiger partial charge in [0.1, 0.15) is 0 Å². The van der Waals surface area contributed by atoms with Crippen LogP contribution in [0.2, 0.25) is 0 Å². The Kier molecular flexibility index (Phi) is 3.66. The average molecular weight is 222 g/mol. The molecule has 0 radical (unpaired) electrons. The summed E-state index contributed by atoms with van der Waals surface area (Å²) in [5.41, 5.74) is 3.02. The molecule has 0 aliphatic heterocycles. The number of Topliss-reactive ketones (excluding diaryl/α,β-unsaturated/α-hetero) is 1. The predicted molar refractivity (Wildman–Crippen MR) is 69.4 cm³/mol. The highest BCUT2D eigenvalue weighted by atomic mass is 16.1. The summed E-state index contributed by atoms with van der Waals surface area (Å²) in [6, 6.07) is 0. The Morgan fingerprint density at radius 1 is 1.25 bits per heavy atom. The van der Waals surface area contributed by atoms with Gasteiger partial charge in [0.2, 0.25) is 0 Å². The molecule has 0 saturated heterocycles. The van der Waals surface area contributed by atoms with E-state index < -0.39 is 0 Å². The van der Waals surface area contributed by atoms with Gasteiger partial charge in [-0.15, -0.1) is 0 Å². The summed E-state index contributed by atoms with van der Waals surface area (Å²) in [5, 5.41) is 0. The molecule has 16 heavy (non-hydrogen) atoms. The summed E-state index contributed by atoms with van der Waals surface area (Å²) in [7, 11) is 0. The molecule has 0 unspecified atom stereocenters. The maximum atomic E-state index is 11.8. The lowest BCUT2D eigenvalue weighted by Crippen LogP contribution is -2.26. The van der Waals surface area contributed by atoms with Crippen LogP contribution in [0, 0.1) is 10.8 Å². The third kappa shape index (κ3) is 3.20. The summed E-state index contributed by atoms with van der Waals surface area (Å²) in [4.78, 5) is 11.8. The smallest absolute Gasteiger partial charge is 0.158 e. The van der Waals surface area contributed by atoms with Crippen molar-refractivity contribution in [2.24, 2.45) is 10.8 Å². The zero-order valence-electron chi connectivity index (χ0n) is 11.7. The SMILES string of the molecule is CC1=C(CCC(C)(C)C)C(C)(C)CCC1=O. The van der Waals surface area contributed by atoms with Gasteiger partial charge >= 0.3 is 0 Å². The highest BCUT2D eigenvalue weighted by molar-refractivity contribution is 5.96. The van der Waals surface area contributed by atoms with Gasteiger partial charge in [-0.05, 0) is 42.6 Å². The Morgan fingerprint density at radius 2 is 1.81 bits per heavy atom. The van der Waals surface area contributed by atoms with Crippen LogP contribution in [0.1, 0.15) is 67.2 Å². The fourth-order valence-corrected chi connectivity index (χ4v) is 2.47. The average Bonchev–Trinajstić information content (AvgIpc) is 2.10. The van der Waals surface area contributed by atoms with Crippen LogP contribution in [0.25, 0.3) is 0 Å². The lowest BCUT2D eigenvalue weighted by molar-refractivity contribution is -0.116. The second-order valence-corrected chi connectivity index (χ2v) is 6.97. The predicted octanol–water partition coefficient (Wildman–Crippen LogP) is 4.52. The molecule has 0 aromatic carbocycles. The van der Waals surface area contributed by atoms with Crippen molar-refractivity contribution in [3.63, 3.8) is 0 Å². The lowest BCUT2D eigenvalue weighted by atomic mass is 9.69. The Hall–Kier alpha value is -0.590. The number of ketones is 1. The van der Waals surface area contributed by atoms with E-state index in [1.54, 1.807) is 0 Å². The van der Waals surface area contributed by atoms with E-state index in [9.17, 15) is 4.79 Å². The third-order valence-electron chi connectivity index (χ3n) is 3.79. The molecule has 0 fully saturated rings. The van der Waals surface area contributed by atoms with Crippen LogP contribution in [-0.2, 0) is 4.79 Å². The molecule has 0 saturated carbocycles. The van der Waals surface area contributed by atoms with Crippen LogP contribution in [0.15, 0.2) is 11.1 Å². The van der Waals surface area contributed by atoms with Gasteiger partial charge in [0.15, 0.2) is 5.78 Å². The highest BCUT2D eigenvalue weighted by Crippen LogP contribution is 2.42. The van der Waals surface area contributed by atoms with E-state index in [0.717, 1.165) is 31.3 Å². The van der Waals surface area contributed by atoms with Crippen molar-refractivity contribution < 1.29 is 4.79 Å². The van der Waals surface area contributed by atoms with E-state index in [2.05, 4.69) is 34.6 Å². The van der Waals surface area contributed by atoms with E-state index >= 15 is 0 Å². The fraction of sp³-hybridized carbons (Fsp3) is 0.800. The Bertz CT molecular complexity index is 313. The largest absolute Gasteiger partial charge is 0.295 e. The minimum absolute atomic E-state index is 0.225. The van der Waals surface area contributed by atoms with Crippen molar-refractivity contribution in [2.45, 2.75) is 67.2 Å². The Balaban J connectivity index is 2.88. The Morgan fingerprint density at radius 3 is 2.31 bits per heavy atom. The van der Waals surface area contributed by atoms with Crippen LogP contribution in [-0.4, -0.2) is 5.78 Å². The molecular weight excluding hydrogens is 196 g/mol. The molecule has 92 valence electrons. The van der Waals surface area contributed by atoms with Crippen molar-refractivity contribution in [1.29, 1.82) is 0 Å². The van der Waals surface area contributed by atoms with Crippen LogP contribution < -0.4 is 0 Å². The highest BCUT2D eigenvalue weighted by Gasteiger charge is 2.32. The molecule has 1 rings (SSSR count). The van der Waals surface area contributed by atoms with E-state index in [0.29, 0.717) is 11.2 Å². The second kappa shape index (κ2) is 4.35. The minimum atomic E-state index is 0.225. The van der Waals surface area contributed by atoms with Gasteiger partial charge in [-0.3, -0.25) is 4.79 Å². The molecule has 1 nitrogen and oxygen atoms in total. The first-order valence-electron chi connectivity index (χ1n) is 6.37. The first-order chi connectivity index (χ1) is 7.13. The molecule has 0 aromatic rings. The van der Waals surface area contributed by atoms with Crippen molar-refractivity contribution in [1.82, 2.24) is 0 Å². The fourth-order valence-electron chi connectivity index (χ4n) is 2.47. The van der Waals surface area contributed by atoms with Gasteiger partial charge in [0.05, 0.1) is 0 Å². The van der Waals surface area contributed by atoms with Crippen molar-refractivity contribution >= 4 is 5.78 Å². The van der Waals surface area contributed by atoms with Crippen LogP contribution in [0.3, 0.4) is 0 Å². The summed E-state index contributed by atoms with van der Waals surface area (Å²) < 4.78 is 0. The molecule has 1 aliphatic carbocycles. The number of rotatable bonds is 2. The summed E-state index contributed by atoms with van der Waals surface area (Å²) in [6.07, 6.45) is 3.99. The first-order valence-corrected chi connectivity index (χ1v) is 6.37. The Labute approximate surface area is 100 Å². The van der Waals surface area contributed by atoms with Gasteiger partial charge in [-0.25, -0.2) is 0 Å². The molecule has 0 N–H and O–H groups in total. The monoisotopic (exact) mass is 222 g/mol. The van der Waals surface area contributed by atoms with Gasteiger partial charge < -0.3 is 0 Å². The van der Waals surface area contributed by atoms with E-state index in [-0.39, 0.29) is 5.41 Å². The number of carbonyl (C=O) groups excluding carboxylic acids is 1. The van der Waals surface area contributed by atoms with E-state index in [1.165, 1.54) is 5.57 Å². The molecule has 0 spiro atoms. The number of hydrogen-bond acceptors (Lipinski definition) is 1. The molecule has 0 bridgehead atoms. The van der Waals surface area contributed by atoms with Gasteiger partial charge in [-0.1, -0.05) is 40.2 Å². The number of carbonyl (C=O) groups is 1. The normalized spacial score (nSPS) is 21.5. The number of allylic oxidation sites excluding steroid dienone is 2. The molecule has 0 amide bonds. The summed E-state index contributed by atoms with van der Waals surface area (Å²) in [6.45, 7) is 13.4. The van der Waals surface area contributed by atoms with Gasteiger partial charge in [0, 0.05) is 6.42 Å². The molecule has 0 atom stereocenters.